The van der Waals surface area contributed by atoms with Crippen LogP contribution in [0.4, 0.5) is 4.39 Å². The van der Waals surface area contributed by atoms with Gasteiger partial charge in [-0.2, -0.15) is 0 Å². The van der Waals surface area contributed by atoms with Crippen molar-refractivity contribution in [1.29, 1.82) is 0 Å². The Morgan fingerprint density at radius 1 is 1.00 bits per heavy atom. The monoisotopic (exact) mass is 441 g/mol. The van der Waals surface area contributed by atoms with Gasteiger partial charge in [-0.15, -0.1) is 0 Å². The lowest BCUT2D eigenvalue weighted by molar-refractivity contribution is 0.276. The number of unbranched alkanes of at least 4 members (excludes halogenated alkanes) is 3. The molecule has 2 N–H and O–H groups in total. The molecule has 0 saturated heterocycles. The van der Waals surface area contributed by atoms with Gasteiger partial charge in [0.1, 0.15) is 5.82 Å². The highest BCUT2D eigenvalue weighted by Crippen LogP contribution is 2.23. The van der Waals surface area contributed by atoms with Gasteiger partial charge >= 0.3 is 8.25 Å². The molecule has 0 spiro atoms. The lowest BCUT2D eigenvalue weighted by Crippen LogP contribution is -2.17. The minimum Gasteiger partial charge on any atom is -0.326 e. The first-order valence-electron chi connectivity index (χ1n) is 10.1. The summed E-state index contributed by atoms with van der Waals surface area (Å²) in [6, 6.07) is 13.7. The van der Waals surface area contributed by atoms with Gasteiger partial charge in [-0.1, -0.05) is 54.8 Å². The molecule has 7 heteroatoms. The van der Waals surface area contributed by atoms with Crippen LogP contribution in [0, 0.1) is 5.82 Å². The van der Waals surface area contributed by atoms with E-state index in [9.17, 15) is 8.96 Å². The van der Waals surface area contributed by atoms with E-state index >= 15 is 0 Å². The van der Waals surface area contributed by atoms with Crippen LogP contribution in [0.25, 0.3) is 0 Å². The fraction of sp³-hybridized carbons (Fsp3) is 0.455. The summed E-state index contributed by atoms with van der Waals surface area (Å²) in [6.07, 6.45) is 6.89. The van der Waals surface area contributed by atoms with Crippen LogP contribution in [0.15, 0.2) is 42.5 Å². The third kappa shape index (κ3) is 9.88. The number of hydrogen-bond acceptors (Lipinski definition) is 3. The summed E-state index contributed by atoms with van der Waals surface area (Å²) in [6.45, 7) is 1.13. The average molecular weight is 442 g/mol. The second kappa shape index (κ2) is 13.9. The largest absolute Gasteiger partial charge is 0.326 e. The Kier molecular flexibility index (Phi) is 11.5. The highest BCUT2D eigenvalue weighted by Gasteiger charge is 2.09. The maximum absolute atomic E-state index is 14.3. The van der Waals surface area contributed by atoms with Crippen molar-refractivity contribution < 1.29 is 18.4 Å². The van der Waals surface area contributed by atoms with Gasteiger partial charge in [0.2, 0.25) is 0 Å². The Morgan fingerprint density at radius 3 is 2.45 bits per heavy atom. The molecule has 2 aromatic rings. The quantitative estimate of drug-likeness (QED) is 0.291. The van der Waals surface area contributed by atoms with E-state index in [1.54, 1.807) is 12.1 Å². The Hall–Kier alpha value is -1.23. The van der Waals surface area contributed by atoms with Gasteiger partial charge < -0.3 is 14.7 Å². The lowest BCUT2D eigenvalue weighted by Gasteiger charge is -2.10. The predicted octanol–water partition coefficient (Wildman–Crippen LogP) is 5.70. The number of hydrogen-bond donors (Lipinski definition) is 2. The number of halogens is 2. The molecule has 4 nitrogen and oxygen atoms in total. The zero-order valence-electron chi connectivity index (χ0n) is 16.6. The zero-order valence-corrected chi connectivity index (χ0v) is 18.4. The summed E-state index contributed by atoms with van der Waals surface area (Å²) >= 11 is 6.35. The standard InChI is InChI=1S/C22H30ClFNO3P/c23-21-15-20(17-25-13-8-14-28-29(26)27)22(24)16-19(21)12-7-2-1-4-9-18-10-5-3-6-11-18/h3,5-6,10-11,15-16,25,29H,1-2,4,7-9,12-14,17H2,(H,26,27). The molecule has 0 saturated carbocycles. The summed E-state index contributed by atoms with van der Waals surface area (Å²) < 4.78 is 29.4. The summed E-state index contributed by atoms with van der Waals surface area (Å²) in [7, 11) is -2.87. The minimum absolute atomic E-state index is 0.203. The smallest absolute Gasteiger partial charge is 0.316 e. The van der Waals surface area contributed by atoms with Crippen molar-refractivity contribution in [2.24, 2.45) is 0 Å². The average Bonchev–Trinajstić information content (AvgIpc) is 2.70. The highest BCUT2D eigenvalue weighted by molar-refractivity contribution is 7.32. The van der Waals surface area contributed by atoms with E-state index in [1.165, 1.54) is 5.56 Å². The van der Waals surface area contributed by atoms with Crippen LogP contribution in [0.5, 0.6) is 0 Å². The van der Waals surface area contributed by atoms with Gasteiger partial charge in [-0.25, -0.2) is 4.39 Å². The number of nitrogens with one attached hydrogen (secondary N) is 1. The van der Waals surface area contributed by atoms with E-state index < -0.39 is 8.25 Å². The molecule has 0 aliphatic carbocycles. The first-order valence-corrected chi connectivity index (χ1v) is 11.8. The highest BCUT2D eigenvalue weighted by atomic mass is 35.5. The molecule has 2 rings (SSSR count). The first kappa shape index (κ1) is 24.0. The van der Waals surface area contributed by atoms with Crippen molar-refractivity contribution in [3.05, 3.63) is 70.0 Å². The molecule has 0 radical (unpaired) electrons. The summed E-state index contributed by atoms with van der Waals surface area (Å²) in [5.74, 6) is -0.252. The Morgan fingerprint density at radius 2 is 1.72 bits per heavy atom. The first-order chi connectivity index (χ1) is 14.1. The molecule has 29 heavy (non-hydrogen) atoms. The molecule has 1 unspecified atom stereocenters. The van der Waals surface area contributed by atoms with Crippen LogP contribution in [0.1, 0.15) is 48.8 Å². The number of rotatable bonds is 14. The van der Waals surface area contributed by atoms with Crippen molar-refractivity contribution in [1.82, 2.24) is 5.32 Å². The van der Waals surface area contributed by atoms with E-state index in [4.69, 9.17) is 16.5 Å². The Balaban J connectivity index is 1.65. The minimum atomic E-state index is -2.87. The molecule has 0 amide bonds. The van der Waals surface area contributed by atoms with Crippen LogP contribution in [0.3, 0.4) is 0 Å². The maximum atomic E-state index is 14.3. The maximum Gasteiger partial charge on any atom is 0.316 e. The Bertz CT molecular complexity index is 761. The van der Waals surface area contributed by atoms with E-state index in [1.807, 2.05) is 6.07 Å². The molecule has 0 aromatic heterocycles. The fourth-order valence-corrected chi connectivity index (χ4v) is 3.78. The van der Waals surface area contributed by atoms with Crippen molar-refractivity contribution >= 4 is 19.9 Å². The molecule has 0 fully saturated rings. The van der Waals surface area contributed by atoms with Crippen LogP contribution in [-0.2, 0) is 28.5 Å². The van der Waals surface area contributed by atoms with Gasteiger partial charge in [-0.05, 0) is 61.9 Å². The van der Waals surface area contributed by atoms with E-state index in [0.717, 1.165) is 44.1 Å². The van der Waals surface area contributed by atoms with E-state index in [2.05, 4.69) is 34.1 Å². The van der Waals surface area contributed by atoms with Crippen molar-refractivity contribution in [3.8, 4) is 0 Å². The molecule has 0 aliphatic heterocycles. The molecule has 0 heterocycles. The van der Waals surface area contributed by atoms with Gasteiger partial charge in [-0.3, -0.25) is 4.57 Å². The second-order valence-electron chi connectivity index (χ2n) is 7.08. The lowest BCUT2D eigenvalue weighted by atomic mass is 10.0. The van der Waals surface area contributed by atoms with E-state index in [0.29, 0.717) is 30.1 Å². The SMILES string of the molecule is O=[PH](O)OCCCNCc1cc(Cl)c(CCCCCCc2ccccc2)cc1F. The third-order valence-corrected chi connectivity index (χ3v) is 5.56. The van der Waals surface area contributed by atoms with E-state index in [-0.39, 0.29) is 12.4 Å². The summed E-state index contributed by atoms with van der Waals surface area (Å²) in [5.41, 5.74) is 2.76. The summed E-state index contributed by atoms with van der Waals surface area (Å²) in [4.78, 5) is 8.57. The molecule has 2 aromatic carbocycles. The zero-order chi connectivity index (χ0) is 20.9. The molecule has 0 aliphatic rings. The molecule has 1 atom stereocenters. The van der Waals surface area contributed by atoms with Gasteiger partial charge in [0.25, 0.3) is 0 Å². The van der Waals surface area contributed by atoms with Crippen LogP contribution in [0.2, 0.25) is 5.02 Å². The summed E-state index contributed by atoms with van der Waals surface area (Å²) in [5, 5.41) is 3.70. The van der Waals surface area contributed by atoms with Gasteiger partial charge in [0, 0.05) is 17.1 Å². The Labute approximate surface area is 178 Å². The van der Waals surface area contributed by atoms with Crippen molar-refractivity contribution in [3.63, 3.8) is 0 Å². The van der Waals surface area contributed by atoms with Gasteiger partial charge in [0.05, 0.1) is 6.61 Å². The molecule has 160 valence electrons. The topological polar surface area (TPSA) is 58.6 Å². The predicted molar refractivity (Wildman–Crippen MR) is 117 cm³/mol. The van der Waals surface area contributed by atoms with Crippen molar-refractivity contribution in [2.75, 3.05) is 13.2 Å². The molecule has 0 bridgehead atoms. The van der Waals surface area contributed by atoms with Crippen LogP contribution in [-0.4, -0.2) is 18.0 Å². The van der Waals surface area contributed by atoms with Crippen LogP contribution >= 0.6 is 19.9 Å². The van der Waals surface area contributed by atoms with Crippen LogP contribution < -0.4 is 5.32 Å². The van der Waals surface area contributed by atoms with Crippen molar-refractivity contribution in [2.45, 2.75) is 51.5 Å². The second-order valence-corrected chi connectivity index (χ2v) is 8.31. The normalized spacial score (nSPS) is 12.2. The van der Waals surface area contributed by atoms with Gasteiger partial charge in [0.15, 0.2) is 0 Å². The molecular formula is C22H30ClFNO3P. The fourth-order valence-electron chi connectivity index (χ4n) is 3.18. The number of aryl methyl sites for hydroxylation is 2. The number of benzene rings is 2. The third-order valence-electron chi connectivity index (χ3n) is 4.76. The molecular weight excluding hydrogens is 412 g/mol.